The van der Waals surface area contributed by atoms with E-state index < -0.39 is 0 Å². The van der Waals surface area contributed by atoms with Crippen LogP contribution in [0.2, 0.25) is 0 Å². The summed E-state index contributed by atoms with van der Waals surface area (Å²) in [5.41, 5.74) is 2.08. The Balaban J connectivity index is 1.77. The fraction of sp³-hybridized carbons (Fsp3) is 0.368. The van der Waals surface area contributed by atoms with Crippen molar-refractivity contribution in [1.82, 2.24) is 9.88 Å². The summed E-state index contributed by atoms with van der Waals surface area (Å²) in [5, 5.41) is 3.32. The Morgan fingerprint density at radius 1 is 1.24 bits per heavy atom. The maximum atomic E-state index is 12.6. The Morgan fingerprint density at radius 2 is 2.00 bits per heavy atom. The van der Waals surface area contributed by atoms with Crippen LogP contribution >= 0.6 is 0 Å². The molecular formula is C19H23N3O3. The van der Waals surface area contributed by atoms with Crippen LogP contribution in [0.5, 0.6) is 5.75 Å². The predicted octanol–water partition coefficient (Wildman–Crippen LogP) is 3.08. The number of rotatable bonds is 5. The average Bonchev–Trinajstić information content (AvgIpc) is 2.63. The van der Waals surface area contributed by atoms with Crippen molar-refractivity contribution >= 4 is 17.3 Å². The maximum absolute atomic E-state index is 12.6. The van der Waals surface area contributed by atoms with Crippen LogP contribution in [0.4, 0.5) is 11.4 Å². The second kappa shape index (κ2) is 7.98. The molecule has 2 heterocycles. The van der Waals surface area contributed by atoms with Gasteiger partial charge in [0.2, 0.25) is 0 Å². The lowest BCUT2D eigenvalue weighted by molar-refractivity contribution is 0.0299. The molecule has 1 N–H and O–H groups in total. The maximum Gasteiger partial charge on any atom is 0.272 e. The zero-order valence-electron chi connectivity index (χ0n) is 14.6. The molecule has 1 aromatic heterocycles. The number of anilines is 2. The van der Waals surface area contributed by atoms with Crippen LogP contribution < -0.4 is 10.1 Å². The Labute approximate surface area is 147 Å². The first-order valence-corrected chi connectivity index (χ1v) is 8.49. The summed E-state index contributed by atoms with van der Waals surface area (Å²) in [7, 11) is 0. The molecule has 1 aromatic carbocycles. The van der Waals surface area contributed by atoms with Crippen LogP contribution in [0, 0.1) is 0 Å². The van der Waals surface area contributed by atoms with Crippen LogP contribution in [-0.2, 0) is 4.74 Å². The number of para-hydroxylation sites is 2. The molecule has 2 aromatic rings. The SMILES string of the molecule is CC(C)Oc1ccccc1Nc1ccnc(C(=O)N2CCOCC2)c1. The van der Waals surface area contributed by atoms with Crippen molar-refractivity contribution in [3.05, 3.63) is 48.3 Å². The first-order chi connectivity index (χ1) is 12.1. The van der Waals surface area contributed by atoms with Crippen LogP contribution in [0.25, 0.3) is 0 Å². The highest BCUT2D eigenvalue weighted by atomic mass is 16.5. The zero-order valence-corrected chi connectivity index (χ0v) is 14.6. The first kappa shape index (κ1) is 17.2. The minimum atomic E-state index is -0.0707. The fourth-order valence-electron chi connectivity index (χ4n) is 2.64. The van der Waals surface area contributed by atoms with Gasteiger partial charge >= 0.3 is 0 Å². The minimum absolute atomic E-state index is 0.0707. The van der Waals surface area contributed by atoms with Gasteiger partial charge in [0.15, 0.2) is 0 Å². The monoisotopic (exact) mass is 341 g/mol. The van der Waals surface area contributed by atoms with E-state index in [1.807, 2.05) is 44.2 Å². The van der Waals surface area contributed by atoms with E-state index in [2.05, 4.69) is 10.3 Å². The summed E-state index contributed by atoms with van der Waals surface area (Å²) in [6, 6.07) is 11.3. The molecule has 0 spiro atoms. The Kier molecular flexibility index (Phi) is 5.50. The lowest BCUT2D eigenvalue weighted by Crippen LogP contribution is -2.41. The third-order valence-electron chi connectivity index (χ3n) is 3.81. The average molecular weight is 341 g/mol. The number of carbonyl (C=O) groups excluding carboxylic acids is 1. The van der Waals surface area contributed by atoms with Gasteiger partial charge in [0.1, 0.15) is 11.4 Å². The van der Waals surface area contributed by atoms with E-state index in [4.69, 9.17) is 9.47 Å². The summed E-state index contributed by atoms with van der Waals surface area (Å²) < 4.78 is 11.1. The number of nitrogens with one attached hydrogen (secondary N) is 1. The molecule has 1 amide bonds. The van der Waals surface area contributed by atoms with Crippen LogP contribution in [-0.4, -0.2) is 48.2 Å². The number of carbonyl (C=O) groups is 1. The Hall–Kier alpha value is -2.60. The lowest BCUT2D eigenvalue weighted by atomic mass is 10.2. The van der Waals surface area contributed by atoms with E-state index in [0.717, 1.165) is 17.1 Å². The number of hydrogen-bond donors (Lipinski definition) is 1. The number of amides is 1. The number of pyridine rings is 1. The molecule has 0 aliphatic carbocycles. The summed E-state index contributed by atoms with van der Waals surface area (Å²) >= 11 is 0. The van der Waals surface area contributed by atoms with E-state index in [-0.39, 0.29) is 12.0 Å². The van der Waals surface area contributed by atoms with Crippen molar-refractivity contribution < 1.29 is 14.3 Å². The Bertz CT molecular complexity index is 727. The van der Waals surface area contributed by atoms with Gasteiger partial charge in [0.05, 0.1) is 25.0 Å². The zero-order chi connectivity index (χ0) is 17.6. The van der Waals surface area contributed by atoms with Crippen molar-refractivity contribution in [2.24, 2.45) is 0 Å². The minimum Gasteiger partial charge on any atom is -0.489 e. The first-order valence-electron chi connectivity index (χ1n) is 8.49. The topological polar surface area (TPSA) is 63.7 Å². The van der Waals surface area contributed by atoms with Gasteiger partial charge in [-0.3, -0.25) is 9.78 Å². The van der Waals surface area contributed by atoms with Gasteiger partial charge in [-0.1, -0.05) is 12.1 Å². The van der Waals surface area contributed by atoms with Gasteiger partial charge in [-0.15, -0.1) is 0 Å². The van der Waals surface area contributed by atoms with Crippen LogP contribution in [0.1, 0.15) is 24.3 Å². The summed E-state index contributed by atoms with van der Waals surface area (Å²) in [6.07, 6.45) is 1.72. The normalized spacial score (nSPS) is 14.4. The highest BCUT2D eigenvalue weighted by molar-refractivity contribution is 5.93. The van der Waals surface area contributed by atoms with Gasteiger partial charge in [-0.05, 0) is 38.1 Å². The number of nitrogens with zero attached hydrogens (tertiary/aromatic N) is 2. The molecule has 132 valence electrons. The summed E-state index contributed by atoms with van der Waals surface area (Å²) in [4.78, 5) is 18.6. The molecule has 1 fully saturated rings. The van der Waals surface area contributed by atoms with Crippen molar-refractivity contribution in [1.29, 1.82) is 0 Å². The molecule has 0 atom stereocenters. The van der Waals surface area contributed by atoms with E-state index in [1.54, 1.807) is 17.2 Å². The largest absolute Gasteiger partial charge is 0.489 e. The van der Waals surface area contributed by atoms with Gasteiger partial charge in [-0.25, -0.2) is 0 Å². The molecule has 6 heteroatoms. The number of benzene rings is 1. The molecule has 25 heavy (non-hydrogen) atoms. The van der Waals surface area contributed by atoms with Crippen LogP contribution in [0.15, 0.2) is 42.6 Å². The molecule has 6 nitrogen and oxygen atoms in total. The smallest absolute Gasteiger partial charge is 0.272 e. The summed E-state index contributed by atoms with van der Waals surface area (Å²) in [5.74, 6) is 0.703. The fourth-order valence-corrected chi connectivity index (χ4v) is 2.64. The van der Waals surface area contributed by atoms with Gasteiger partial charge in [0.25, 0.3) is 5.91 Å². The Morgan fingerprint density at radius 3 is 2.76 bits per heavy atom. The van der Waals surface area contributed by atoms with Crippen molar-refractivity contribution in [2.75, 3.05) is 31.6 Å². The lowest BCUT2D eigenvalue weighted by Gasteiger charge is -2.26. The quantitative estimate of drug-likeness (QED) is 0.905. The van der Waals surface area contributed by atoms with Gasteiger partial charge in [0, 0.05) is 25.0 Å². The third-order valence-corrected chi connectivity index (χ3v) is 3.81. The molecule has 0 radical (unpaired) electrons. The molecule has 3 rings (SSSR count). The van der Waals surface area contributed by atoms with Crippen LogP contribution in [0.3, 0.4) is 0 Å². The molecule has 0 saturated carbocycles. The predicted molar refractivity (Wildman–Crippen MR) is 96.4 cm³/mol. The number of ether oxygens (including phenoxy) is 2. The molecule has 1 aliphatic rings. The van der Waals surface area contributed by atoms with Gasteiger partial charge in [-0.2, -0.15) is 0 Å². The highest BCUT2D eigenvalue weighted by Crippen LogP contribution is 2.28. The molecular weight excluding hydrogens is 318 g/mol. The third kappa shape index (κ3) is 4.48. The van der Waals surface area contributed by atoms with E-state index in [1.165, 1.54) is 0 Å². The standard InChI is InChI=1S/C19H23N3O3/c1-14(2)25-18-6-4-3-5-16(18)21-15-7-8-20-17(13-15)19(23)22-9-11-24-12-10-22/h3-8,13-14H,9-12H2,1-2H3,(H,20,21). The summed E-state index contributed by atoms with van der Waals surface area (Å²) in [6.45, 7) is 6.32. The van der Waals surface area contributed by atoms with Crippen molar-refractivity contribution in [2.45, 2.75) is 20.0 Å². The molecule has 1 saturated heterocycles. The second-order valence-electron chi connectivity index (χ2n) is 6.12. The molecule has 1 aliphatic heterocycles. The number of aromatic nitrogens is 1. The number of hydrogen-bond acceptors (Lipinski definition) is 5. The van der Waals surface area contributed by atoms with Crippen molar-refractivity contribution in [3.8, 4) is 5.75 Å². The molecule has 0 unspecified atom stereocenters. The molecule has 0 bridgehead atoms. The second-order valence-corrected chi connectivity index (χ2v) is 6.12. The number of morpholine rings is 1. The highest BCUT2D eigenvalue weighted by Gasteiger charge is 2.19. The van der Waals surface area contributed by atoms with E-state index in [9.17, 15) is 4.79 Å². The van der Waals surface area contributed by atoms with E-state index in [0.29, 0.717) is 32.0 Å². The van der Waals surface area contributed by atoms with E-state index >= 15 is 0 Å². The van der Waals surface area contributed by atoms with Crippen molar-refractivity contribution in [3.63, 3.8) is 0 Å². The van der Waals surface area contributed by atoms with Gasteiger partial charge < -0.3 is 19.7 Å².